The number of hydrogen-bond acceptors (Lipinski definition) is 3. The van der Waals surface area contributed by atoms with Gasteiger partial charge in [-0.2, -0.15) is 0 Å². The first kappa shape index (κ1) is 16.2. The van der Waals surface area contributed by atoms with Crippen molar-refractivity contribution in [2.24, 2.45) is 0 Å². The Morgan fingerprint density at radius 2 is 1.61 bits per heavy atom. The van der Waals surface area contributed by atoms with Crippen LogP contribution in [0.25, 0.3) is 0 Å². The Morgan fingerprint density at radius 1 is 1.11 bits per heavy atom. The molecule has 0 fully saturated rings. The van der Waals surface area contributed by atoms with Gasteiger partial charge >= 0.3 is 0 Å². The smallest absolute Gasteiger partial charge is 0.189 e. The number of benzene rings is 1. The van der Waals surface area contributed by atoms with Crippen molar-refractivity contribution in [3.8, 4) is 24.7 Å². The van der Waals surface area contributed by atoms with Crippen molar-refractivity contribution < 1.29 is 14.9 Å². The van der Waals surface area contributed by atoms with E-state index in [9.17, 15) is 10.2 Å². The fraction of sp³-hybridized carbons (Fsp3) is 0.333. The molecule has 0 saturated carbocycles. The molecule has 0 bridgehead atoms. The van der Waals surface area contributed by atoms with Crippen molar-refractivity contribution in [1.82, 2.24) is 0 Å². The second kappa shape index (κ2) is 9.27. The average Bonchev–Trinajstić information content (AvgIpc) is 2.41. The number of ether oxygens (including phenoxy) is 1. The highest BCUT2D eigenvalue weighted by Crippen LogP contribution is 2.20. The lowest BCUT2D eigenvalue weighted by Crippen LogP contribution is -2.23. The summed E-state index contributed by atoms with van der Waals surface area (Å²) in [7, 11) is 0. The van der Waals surface area contributed by atoms with Gasteiger partial charge in [0.1, 0.15) is 13.2 Å². The molecule has 0 radical (unpaired) electrons. The van der Waals surface area contributed by atoms with Gasteiger partial charge in [0.15, 0.2) is 5.79 Å². The number of rotatable bonds is 4. The summed E-state index contributed by atoms with van der Waals surface area (Å²) in [5.74, 6) is 2.90. The number of terminal acetylenes is 2. The SMILES string of the molecule is C#CCOCC#C.CCC(O)(O)c1ccccc1. The van der Waals surface area contributed by atoms with E-state index in [2.05, 4.69) is 16.6 Å². The van der Waals surface area contributed by atoms with Crippen LogP contribution < -0.4 is 0 Å². The quantitative estimate of drug-likeness (QED) is 0.481. The predicted molar refractivity (Wildman–Crippen MR) is 71.3 cm³/mol. The molecular weight excluding hydrogens is 228 g/mol. The molecule has 0 spiro atoms. The van der Waals surface area contributed by atoms with Gasteiger partial charge in [0.25, 0.3) is 0 Å². The molecule has 1 aromatic rings. The third-order valence-electron chi connectivity index (χ3n) is 2.10. The summed E-state index contributed by atoms with van der Waals surface area (Å²) in [6.45, 7) is 2.35. The van der Waals surface area contributed by atoms with Gasteiger partial charge in [0.05, 0.1) is 0 Å². The van der Waals surface area contributed by atoms with E-state index in [1.807, 2.05) is 6.07 Å². The van der Waals surface area contributed by atoms with E-state index in [-0.39, 0.29) is 0 Å². The fourth-order valence-electron chi connectivity index (χ4n) is 1.08. The van der Waals surface area contributed by atoms with E-state index >= 15 is 0 Å². The average molecular weight is 246 g/mol. The Balaban J connectivity index is 0.000000360. The first-order valence-corrected chi connectivity index (χ1v) is 5.53. The van der Waals surface area contributed by atoms with E-state index in [0.29, 0.717) is 25.2 Å². The van der Waals surface area contributed by atoms with Crippen LogP contribution >= 0.6 is 0 Å². The van der Waals surface area contributed by atoms with Crippen molar-refractivity contribution in [3.05, 3.63) is 35.9 Å². The fourth-order valence-corrected chi connectivity index (χ4v) is 1.08. The summed E-state index contributed by atoms with van der Waals surface area (Å²) in [5.41, 5.74) is 0.544. The maximum Gasteiger partial charge on any atom is 0.189 e. The van der Waals surface area contributed by atoms with Crippen LogP contribution in [-0.4, -0.2) is 23.4 Å². The Hall–Kier alpha value is -1.78. The second-order valence-electron chi connectivity index (χ2n) is 3.44. The van der Waals surface area contributed by atoms with E-state index in [1.54, 1.807) is 31.2 Å². The first-order valence-electron chi connectivity index (χ1n) is 5.53. The minimum absolute atomic E-state index is 0.303. The second-order valence-corrected chi connectivity index (χ2v) is 3.44. The zero-order valence-corrected chi connectivity index (χ0v) is 10.5. The van der Waals surface area contributed by atoms with E-state index < -0.39 is 5.79 Å². The number of aliphatic hydroxyl groups is 2. The molecule has 0 unspecified atom stereocenters. The topological polar surface area (TPSA) is 49.7 Å². The molecule has 0 saturated heterocycles. The molecule has 96 valence electrons. The molecule has 2 N–H and O–H groups in total. The van der Waals surface area contributed by atoms with Crippen LogP contribution in [0.1, 0.15) is 18.9 Å². The normalized spacial score (nSPS) is 9.61. The minimum Gasteiger partial charge on any atom is -0.362 e. The molecule has 3 heteroatoms. The van der Waals surface area contributed by atoms with Gasteiger partial charge in [0.2, 0.25) is 0 Å². The Labute approximate surface area is 108 Å². The monoisotopic (exact) mass is 246 g/mol. The van der Waals surface area contributed by atoms with Crippen LogP contribution in [0, 0.1) is 24.7 Å². The van der Waals surface area contributed by atoms with Crippen molar-refractivity contribution in [2.45, 2.75) is 19.1 Å². The largest absolute Gasteiger partial charge is 0.362 e. The molecule has 0 heterocycles. The molecular formula is C15H18O3. The lowest BCUT2D eigenvalue weighted by Gasteiger charge is -2.19. The Morgan fingerprint density at radius 3 is 2.00 bits per heavy atom. The third-order valence-corrected chi connectivity index (χ3v) is 2.10. The minimum atomic E-state index is -1.67. The molecule has 0 aromatic heterocycles. The molecule has 0 aliphatic rings. The highest BCUT2D eigenvalue weighted by molar-refractivity contribution is 5.19. The van der Waals surface area contributed by atoms with E-state index in [4.69, 9.17) is 12.8 Å². The lowest BCUT2D eigenvalue weighted by atomic mass is 10.0. The first-order chi connectivity index (χ1) is 8.58. The maximum absolute atomic E-state index is 9.35. The zero-order chi connectivity index (χ0) is 13.9. The highest BCUT2D eigenvalue weighted by atomic mass is 16.5. The van der Waals surface area contributed by atoms with Gasteiger partial charge in [-0.05, 0) is 0 Å². The van der Waals surface area contributed by atoms with Crippen molar-refractivity contribution in [2.75, 3.05) is 13.2 Å². The van der Waals surface area contributed by atoms with Crippen LogP contribution in [0.15, 0.2) is 30.3 Å². The zero-order valence-electron chi connectivity index (χ0n) is 10.5. The van der Waals surface area contributed by atoms with Gasteiger partial charge in [-0.1, -0.05) is 49.1 Å². The van der Waals surface area contributed by atoms with Gasteiger partial charge in [-0.25, -0.2) is 0 Å². The lowest BCUT2D eigenvalue weighted by molar-refractivity contribution is -0.171. The summed E-state index contributed by atoms with van der Waals surface area (Å²) < 4.78 is 4.66. The summed E-state index contributed by atoms with van der Waals surface area (Å²) in [6, 6.07) is 8.81. The molecule has 3 nitrogen and oxygen atoms in total. The maximum atomic E-state index is 9.35. The third kappa shape index (κ3) is 6.73. The highest BCUT2D eigenvalue weighted by Gasteiger charge is 2.21. The van der Waals surface area contributed by atoms with Crippen molar-refractivity contribution in [3.63, 3.8) is 0 Å². The summed E-state index contributed by atoms with van der Waals surface area (Å²) in [4.78, 5) is 0. The van der Waals surface area contributed by atoms with Crippen LogP contribution in [0.5, 0.6) is 0 Å². The molecule has 0 aliphatic heterocycles. The summed E-state index contributed by atoms with van der Waals surface area (Å²) in [5, 5.41) is 18.7. The van der Waals surface area contributed by atoms with Gasteiger partial charge in [0, 0.05) is 12.0 Å². The predicted octanol–water partition coefficient (Wildman–Crippen LogP) is 1.50. The molecule has 18 heavy (non-hydrogen) atoms. The van der Waals surface area contributed by atoms with Crippen LogP contribution in [0.2, 0.25) is 0 Å². The molecule has 0 aliphatic carbocycles. The summed E-state index contributed by atoms with van der Waals surface area (Å²) >= 11 is 0. The van der Waals surface area contributed by atoms with Gasteiger partial charge < -0.3 is 14.9 Å². The van der Waals surface area contributed by atoms with E-state index in [1.165, 1.54) is 0 Å². The Kier molecular flexibility index (Phi) is 8.35. The van der Waals surface area contributed by atoms with Crippen LogP contribution in [-0.2, 0) is 10.5 Å². The summed E-state index contributed by atoms with van der Waals surface area (Å²) in [6.07, 6.45) is 9.95. The van der Waals surface area contributed by atoms with E-state index in [0.717, 1.165) is 0 Å². The van der Waals surface area contributed by atoms with Crippen molar-refractivity contribution in [1.29, 1.82) is 0 Å². The van der Waals surface area contributed by atoms with Gasteiger partial charge in [-0.3, -0.25) is 0 Å². The standard InChI is InChI=1S/C9H12O2.C6H6O/c1-2-9(10,11)8-6-4-3-5-7-8;1-3-5-7-6-4-2/h3-7,10-11H,2H2,1H3;1-2H,5-6H2. The molecule has 0 atom stereocenters. The Bertz CT molecular complexity index is 382. The molecule has 1 rings (SSSR count). The number of hydrogen-bond donors (Lipinski definition) is 2. The molecule has 0 amide bonds. The molecule has 1 aromatic carbocycles. The van der Waals surface area contributed by atoms with Crippen molar-refractivity contribution >= 4 is 0 Å². The van der Waals surface area contributed by atoms with Gasteiger partial charge in [-0.15, -0.1) is 12.8 Å². The van der Waals surface area contributed by atoms with Crippen LogP contribution in [0.3, 0.4) is 0 Å². The van der Waals surface area contributed by atoms with Crippen LogP contribution in [0.4, 0.5) is 0 Å².